The van der Waals surface area contributed by atoms with Gasteiger partial charge in [-0.15, -0.1) is 0 Å². The maximum atomic E-state index is 15.6. The summed E-state index contributed by atoms with van der Waals surface area (Å²) in [7, 11) is 0. The number of aromatic nitrogens is 5. The van der Waals surface area contributed by atoms with Crippen LogP contribution in [0.3, 0.4) is 0 Å². The van der Waals surface area contributed by atoms with Crippen molar-refractivity contribution < 1.29 is 45.1 Å². The van der Waals surface area contributed by atoms with Crippen LogP contribution >= 0.6 is 11.6 Å². The molecule has 2 aromatic carbocycles. The number of hydrogen-bond donors (Lipinski definition) is 1. The van der Waals surface area contributed by atoms with Gasteiger partial charge in [0.2, 0.25) is 0 Å². The second kappa shape index (κ2) is 14.0. The number of nitrogens with two attached hydrogens (primary N) is 1. The van der Waals surface area contributed by atoms with E-state index in [9.17, 15) is 35.9 Å². The number of ether oxygens (including phenoxy) is 1. The van der Waals surface area contributed by atoms with Crippen molar-refractivity contribution >= 4 is 29.4 Å². The van der Waals surface area contributed by atoms with E-state index < -0.39 is 79.0 Å². The number of benzene rings is 2. The summed E-state index contributed by atoms with van der Waals surface area (Å²) in [6.45, 7) is -3.48. The number of guanidine groups is 1. The molecule has 1 saturated carbocycles. The van der Waals surface area contributed by atoms with E-state index in [1.807, 2.05) is 0 Å². The van der Waals surface area contributed by atoms with Crippen LogP contribution in [0.5, 0.6) is 0 Å². The summed E-state index contributed by atoms with van der Waals surface area (Å²) < 4.78 is 105. The van der Waals surface area contributed by atoms with Crippen LogP contribution in [0.25, 0.3) is 22.5 Å². The van der Waals surface area contributed by atoms with Crippen molar-refractivity contribution in [2.45, 2.75) is 82.7 Å². The monoisotopic (exact) mass is 782 g/mol. The average Bonchev–Trinajstić information content (AvgIpc) is 3.40. The first kappa shape index (κ1) is 38.7. The molecule has 2 N–H and O–H groups in total. The Kier molecular flexibility index (Phi) is 10.0. The molecule has 2 aromatic heterocycles. The highest BCUT2D eigenvalue weighted by Crippen LogP contribution is 2.59. The molecule has 4 aromatic rings. The highest BCUT2D eigenvalue weighted by Gasteiger charge is 2.60. The van der Waals surface area contributed by atoms with E-state index >= 15 is 4.39 Å². The Morgan fingerprint density at radius 1 is 1.00 bits per heavy atom. The van der Waals surface area contributed by atoms with Gasteiger partial charge in [-0.3, -0.25) is 14.5 Å². The molecule has 0 spiro atoms. The quantitative estimate of drug-likeness (QED) is 0.102. The van der Waals surface area contributed by atoms with E-state index in [0.717, 1.165) is 24.3 Å². The van der Waals surface area contributed by atoms with Gasteiger partial charge in [0.15, 0.2) is 17.3 Å². The van der Waals surface area contributed by atoms with E-state index in [1.165, 1.54) is 62.5 Å². The zero-order valence-corrected chi connectivity index (χ0v) is 29.8. The highest BCUT2D eigenvalue weighted by atomic mass is 35.5. The third kappa shape index (κ3) is 7.39. The van der Waals surface area contributed by atoms with E-state index in [0.29, 0.717) is 20.5 Å². The molecule has 0 radical (unpaired) electrons. The summed E-state index contributed by atoms with van der Waals surface area (Å²) >= 11 is 6.41. The Labute approximate surface area is 308 Å². The molecule has 1 aliphatic heterocycles. The van der Waals surface area contributed by atoms with Gasteiger partial charge in [0.05, 0.1) is 23.7 Å². The number of carbonyl (C=O) groups is 2. The van der Waals surface area contributed by atoms with Gasteiger partial charge >= 0.3 is 19.1 Å². The second-order valence-corrected chi connectivity index (χ2v) is 14.5. The molecular formula is C35H34ClF7N8O3. The molecule has 3 heterocycles. The molecular weight excluding hydrogens is 749 g/mol. The van der Waals surface area contributed by atoms with Crippen LogP contribution in [0, 0.1) is 5.41 Å². The van der Waals surface area contributed by atoms with Crippen LogP contribution in [-0.2, 0) is 19.9 Å². The van der Waals surface area contributed by atoms with Gasteiger partial charge < -0.3 is 10.5 Å². The minimum Gasteiger partial charge on any atom is -0.463 e. The Hall–Kier alpha value is -5.00. The fourth-order valence-corrected chi connectivity index (χ4v) is 6.90. The molecule has 11 nitrogen and oxygen atoms in total. The lowest BCUT2D eigenvalue weighted by atomic mass is 9.80. The van der Waals surface area contributed by atoms with Crippen molar-refractivity contribution in [3.05, 3.63) is 77.3 Å². The van der Waals surface area contributed by atoms with Gasteiger partial charge in [-0.05, 0) is 62.4 Å². The van der Waals surface area contributed by atoms with Crippen molar-refractivity contribution in [3.63, 3.8) is 0 Å². The SMILES string of the molecule is CC(C)(F)C[C@]1(c2ccc(-c3cnn(C(F)F)c3)cc2)N=C(N)N([C@H](COC(=O)CC2(C(C)(F)F)CC2)c2ccc(Cl)c(-c3ncnn3C(F)F)c2)C1=O. The summed E-state index contributed by atoms with van der Waals surface area (Å²) in [4.78, 5) is 37.2. The maximum Gasteiger partial charge on any atom is 0.335 e. The summed E-state index contributed by atoms with van der Waals surface area (Å²) in [6.07, 6.45) is 2.28. The van der Waals surface area contributed by atoms with Crippen LogP contribution in [0.2, 0.25) is 5.02 Å². The van der Waals surface area contributed by atoms with Crippen molar-refractivity contribution in [2.75, 3.05) is 6.61 Å². The molecule has 0 bridgehead atoms. The number of esters is 1. The molecule has 0 unspecified atom stereocenters. The Bertz CT molecular complexity index is 2070. The summed E-state index contributed by atoms with van der Waals surface area (Å²) in [5.41, 5.74) is 1.86. The van der Waals surface area contributed by atoms with Gasteiger partial charge in [0.25, 0.3) is 11.8 Å². The van der Waals surface area contributed by atoms with Crippen LogP contribution in [0.15, 0.2) is 66.2 Å². The van der Waals surface area contributed by atoms with E-state index in [2.05, 4.69) is 20.2 Å². The van der Waals surface area contributed by atoms with Crippen molar-refractivity contribution in [1.29, 1.82) is 0 Å². The molecule has 6 rings (SSSR count). The maximum absolute atomic E-state index is 15.6. The number of alkyl halides is 7. The van der Waals surface area contributed by atoms with Crippen LogP contribution in [-0.4, -0.2) is 65.5 Å². The summed E-state index contributed by atoms with van der Waals surface area (Å²) in [5, 5.41) is 7.13. The predicted octanol–water partition coefficient (Wildman–Crippen LogP) is 7.85. The first-order valence-electron chi connectivity index (χ1n) is 16.6. The number of nitrogens with zero attached hydrogens (tertiary/aromatic N) is 7. The first-order chi connectivity index (χ1) is 25.2. The lowest BCUT2D eigenvalue weighted by molar-refractivity contribution is -0.153. The molecule has 1 fully saturated rings. The zero-order valence-electron chi connectivity index (χ0n) is 29.0. The normalized spacial score (nSPS) is 19.1. The summed E-state index contributed by atoms with van der Waals surface area (Å²) in [5.74, 6) is -5.79. The lowest BCUT2D eigenvalue weighted by Crippen LogP contribution is -2.48. The Morgan fingerprint density at radius 3 is 2.26 bits per heavy atom. The van der Waals surface area contributed by atoms with Crippen LogP contribution < -0.4 is 5.73 Å². The van der Waals surface area contributed by atoms with Gasteiger partial charge in [0, 0.05) is 29.2 Å². The molecule has 2 atom stereocenters. The molecule has 2 aliphatic rings. The standard InChI is InChI=1S/C35H34ClF7N8O3/c1-32(2,41)17-35(22-7-4-19(5-8-22)21-14-46-49(15-21)29(37)38)28(53)50(31(44)48-35)25(16-54-26(52)13-34(10-11-34)33(3,42)43)20-6-9-24(36)23(12-20)27-45-18-47-51(27)30(39)40/h4-9,12,14-15,18,25,29-30H,10-11,13,16-17H2,1-3H3,(H2,44,48)/t25-,35-/m1/s1. The number of halogens is 8. The minimum absolute atomic E-state index is 0.0349. The van der Waals surface area contributed by atoms with Crippen molar-refractivity contribution in [2.24, 2.45) is 16.1 Å². The highest BCUT2D eigenvalue weighted by molar-refractivity contribution is 6.33. The number of amides is 1. The predicted molar refractivity (Wildman–Crippen MR) is 181 cm³/mol. The van der Waals surface area contributed by atoms with Gasteiger partial charge in [-0.25, -0.2) is 27.8 Å². The molecule has 1 aliphatic carbocycles. The Morgan fingerprint density at radius 2 is 1.69 bits per heavy atom. The smallest absolute Gasteiger partial charge is 0.335 e. The van der Waals surface area contributed by atoms with Gasteiger partial charge in [0.1, 0.15) is 18.6 Å². The fourth-order valence-electron chi connectivity index (χ4n) is 6.70. The summed E-state index contributed by atoms with van der Waals surface area (Å²) in [6, 6.07) is 8.62. The van der Waals surface area contributed by atoms with Crippen LogP contribution in [0.1, 0.15) is 76.7 Å². The fraction of sp³-hybridized carbons (Fsp3) is 0.429. The number of rotatable bonds is 14. The molecule has 288 valence electrons. The molecule has 54 heavy (non-hydrogen) atoms. The van der Waals surface area contributed by atoms with Gasteiger partial charge in [-0.2, -0.15) is 32.4 Å². The Balaban J connectivity index is 1.40. The van der Waals surface area contributed by atoms with Crippen LogP contribution in [0.4, 0.5) is 30.7 Å². The number of carbonyl (C=O) groups excluding carboxylic acids is 2. The largest absolute Gasteiger partial charge is 0.463 e. The van der Waals surface area contributed by atoms with E-state index in [1.54, 1.807) is 0 Å². The second-order valence-electron chi connectivity index (χ2n) is 14.1. The molecule has 19 heteroatoms. The van der Waals surface area contributed by atoms with Gasteiger partial charge in [-0.1, -0.05) is 41.9 Å². The number of hydrogen-bond acceptors (Lipinski definition) is 8. The van der Waals surface area contributed by atoms with E-state index in [-0.39, 0.29) is 40.4 Å². The van der Waals surface area contributed by atoms with E-state index in [4.69, 9.17) is 22.1 Å². The molecule has 0 saturated heterocycles. The minimum atomic E-state index is -3.17. The first-order valence-corrected chi connectivity index (χ1v) is 17.0. The topological polar surface area (TPSA) is 134 Å². The molecule has 1 amide bonds. The average molecular weight is 783 g/mol. The van der Waals surface area contributed by atoms with Crippen molar-refractivity contribution in [3.8, 4) is 22.5 Å². The zero-order chi connectivity index (χ0) is 39.4. The number of aliphatic imine (C=N–C) groups is 1. The third-order valence-corrected chi connectivity index (χ3v) is 9.98. The van der Waals surface area contributed by atoms with Crippen molar-refractivity contribution in [1.82, 2.24) is 29.4 Å². The third-order valence-electron chi connectivity index (χ3n) is 9.65. The lowest BCUT2D eigenvalue weighted by Gasteiger charge is -2.33.